The fraction of sp³-hybridized carbons (Fsp3) is 0.429. The number of para-hydroxylation sites is 2. The van der Waals surface area contributed by atoms with Gasteiger partial charge in [-0.1, -0.05) is 26.0 Å². The molecule has 0 unspecified atom stereocenters. The zero-order chi connectivity index (χ0) is 17.9. The Hall–Kier alpha value is -2.29. The maximum Gasteiger partial charge on any atom is 0.157 e. The van der Waals surface area contributed by atoms with E-state index in [0.29, 0.717) is 0 Å². The van der Waals surface area contributed by atoms with Gasteiger partial charge in [0, 0.05) is 13.1 Å². The standard InChI is InChI=1S/C21H22N4O.ClH/c1-21(2)11-14-15(12-21)20(24-7-9-26-10-8-24)25-18-6-4-3-5-17(18)23-19(25)16(14)13-22;/h3-6H,7-12H2,1-2H3;1H. The Morgan fingerprint density at radius 1 is 1.11 bits per heavy atom. The summed E-state index contributed by atoms with van der Waals surface area (Å²) in [5.74, 6) is 1.22. The maximum absolute atomic E-state index is 9.96. The second-order valence-electron chi connectivity index (χ2n) is 8.14. The van der Waals surface area contributed by atoms with Gasteiger partial charge in [-0.25, -0.2) is 4.98 Å². The lowest BCUT2D eigenvalue weighted by Gasteiger charge is -2.32. The van der Waals surface area contributed by atoms with Crippen LogP contribution >= 0.6 is 12.4 Å². The number of fused-ring (bicyclic) bond motifs is 4. The minimum absolute atomic E-state index is 0. The summed E-state index contributed by atoms with van der Waals surface area (Å²) in [5, 5.41) is 9.96. The summed E-state index contributed by atoms with van der Waals surface area (Å²) >= 11 is 0. The van der Waals surface area contributed by atoms with Gasteiger partial charge in [0.25, 0.3) is 0 Å². The molecule has 6 heteroatoms. The molecule has 0 bridgehead atoms. The fourth-order valence-corrected chi connectivity index (χ4v) is 4.59. The van der Waals surface area contributed by atoms with E-state index in [1.54, 1.807) is 0 Å². The Morgan fingerprint density at radius 3 is 2.56 bits per heavy atom. The molecule has 140 valence electrons. The summed E-state index contributed by atoms with van der Waals surface area (Å²) in [7, 11) is 0. The third-order valence-electron chi connectivity index (χ3n) is 5.67. The van der Waals surface area contributed by atoms with Gasteiger partial charge in [-0.05, 0) is 41.5 Å². The first kappa shape index (κ1) is 18.1. The van der Waals surface area contributed by atoms with Crippen LogP contribution < -0.4 is 4.90 Å². The summed E-state index contributed by atoms with van der Waals surface area (Å²) < 4.78 is 7.81. The Kier molecular flexibility index (Phi) is 4.29. The molecule has 1 saturated heterocycles. The maximum atomic E-state index is 9.96. The van der Waals surface area contributed by atoms with E-state index >= 15 is 0 Å². The molecule has 5 nitrogen and oxygen atoms in total. The van der Waals surface area contributed by atoms with Gasteiger partial charge in [-0.2, -0.15) is 5.26 Å². The van der Waals surface area contributed by atoms with Crippen molar-refractivity contribution in [1.29, 1.82) is 5.26 Å². The van der Waals surface area contributed by atoms with Crippen molar-refractivity contribution < 1.29 is 4.74 Å². The SMILES string of the molecule is CC1(C)Cc2c(c(N3CCOCC3)n3c(nc4ccccc43)c2C#N)C1.Cl. The van der Waals surface area contributed by atoms with Gasteiger partial charge < -0.3 is 9.64 Å². The highest BCUT2D eigenvalue weighted by Gasteiger charge is 2.36. The zero-order valence-corrected chi connectivity index (χ0v) is 16.5. The molecule has 0 saturated carbocycles. The number of anilines is 1. The van der Waals surface area contributed by atoms with Gasteiger partial charge in [-0.15, -0.1) is 12.4 Å². The summed E-state index contributed by atoms with van der Waals surface area (Å²) in [6.45, 7) is 7.82. The van der Waals surface area contributed by atoms with Crippen molar-refractivity contribution in [2.45, 2.75) is 26.7 Å². The average Bonchev–Trinajstić information content (AvgIpc) is 3.16. The van der Waals surface area contributed by atoms with Crippen LogP contribution in [0.15, 0.2) is 24.3 Å². The van der Waals surface area contributed by atoms with Crippen LogP contribution in [0.2, 0.25) is 0 Å². The Morgan fingerprint density at radius 2 is 1.81 bits per heavy atom. The molecule has 0 N–H and O–H groups in total. The van der Waals surface area contributed by atoms with Crippen molar-refractivity contribution in [3.05, 3.63) is 41.0 Å². The van der Waals surface area contributed by atoms with Crippen LogP contribution in [0.25, 0.3) is 16.7 Å². The lowest BCUT2D eigenvalue weighted by Crippen LogP contribution is -2.38. The van der Waals surface area contributed by atoms with Gasteiger partial charge in [0.05, 0.1) is 29.8 Å². The van der Waals surface area contributed by atoms with Crippen LogP contribution in [-0.2, 0) is 17.6 Å². The number of pyridine rings is 1. The van der Waals surface area contributed by atoms with Crippen molar-refractivity contribution in [3.8, 4) is 6.07 Å². The smallest absolute Gasteiger partial charge is 0.157 e. The molecule has 2 aliphatic rings. The van der Waals surface area contributed by atoms with E-state index in [-0.39, 0.29) is 17.8 Å². The molecular formula is C21H23ClN4O. The fourth-order valence-electron chi connectivity index (χ4n) is 4.59. The van der Waals surface area contributed by atoms with Crippen molar-refractivity contribution in [2.24, 2.45) is 5.41 Å². The molecule has 1 aromatic carbocycles. The molecule has 5 rings (SSSR count). The predicted octanol–water partition coefficient (Wildman–Crippen LogP) is 3.74. The number of morpholine rings is 1. The van der Waals surface area contributed by atoms with Crippen LogP contribution in [0.4, 0.5) is 5.82 Å². The number of hydrogen-bond acceptors (Lipinski definition) is 4. The molecule has 1 aliphatic heterocycles. The largest absolute Gasteiger partial charge is 0.378 e. The van der Waals surface area contributed by atoms with E-state index in [1.807, 2.05) is 18.2 Å². The van der Waals surface area contributed by atoms with Gasteiger partial charge in [0.1, 0.15) is 11.9 Å². The normalized spacial score (nSPS) is 18.3. The lowest BCUT2D eigenvalue weighted by atomic mass is 9.90. The second-order valence-corrected chi connectivity index (χ2v) is 8.14. The Balaban J connectivity index is 0.00000180. The van der Waals surface area contributed by atoms with Crippen molar-refractivity contribution in [3.63, 3.8) is 0 Å². The minimum atomic E-state index is 0. The van der Waals surface area contributed by atoms with Gasteiger partial charge in [-0.3, -0.25) is 4.40 Å². The first-order valence-corrected chi connectivity index (χ1v) is 9.27. The zero-order valence-electron chi connectivity index (χ0n) is 15.7. The molecule has 0 radical (unpaired) electrons. The second kappa shape index (κ2) is 6.40. The third-order valence-corrected chi connectivity index (χ3v) is 5.67. The molecular weight excluding hydrogens is 360 g/mol. The Labute approximate surface area is 165 Å². The molecule has 0 spiro atoms. The number of rotatable bonds is 1. The van der Waals surface area contributed by atoms with E-state index < -0.39 is 0 Å². The first-order valence-electron chi connectivity index (χ1n) is 9.27. The van der Waals surface area contributed by atoms with Crippen molar-refractivity contribution in [2.75, 3.05) is 31.2 Å². The van der Waals surface area contributed by atoms with E-state index in [9.17, 15) is 5.26 Å². The van der Waals surface area contributed by atoms with Crippen LogP contribution in [0.1, 0.15) is 30.5 Å². The van der Waals surface area contributed by atoms with E-state index in [1.165, 1.54) is 16.9 Å². The number of hydrogen-bond donors (Lipinski definition) is 0. The molecule has 27 heavy (non-hydrogen) atoms. The average molecular weight is 383 g/mol. The van der Waals surface area contributed by atoms with Crippen LogP contribution in [0.3, 0.4) is 0 Å². The molecule has 3 aromatic rings. The lowest BCUT2D eigenvalue weighted by molar-refractivity contribution is 0.122. The molecule has 0 atom stereocenters. The first-order chi connectivity index (χ1) is 12.6. The van der Waals surface area contributed by atoms with Gasteiger partial charge >= 0.3 is 0 Å². The highest BCUT2D eigenvalue weighted by molar-refractivity contribution is 5.87. The summed E-state index contributed by atoms with van der Waals surface area (Å²) in [6, 6.07) is 10.7. The molecule has 0 amide bonds. The summed E-state index contributed by atoms with van der Waals surface area (Å²) in [6.07, 6.45) is 1.93. The van der Waals surface area contributed by atoms with Crippen LogP contribution in [0, 0.1) is 16.7 Å². The molecule has 3 heterocycles. The molecule has 1 aliphatic carbocycles. The molecule has 2 aromatic heterocycles. The van der Waals surface area contributed by atoms with Gasteiger partial charge in [0.2, 0.25) is 0 Å². The number of nitriles is 1. The van der Waals surface area contributed by atoms with Crippen molar-refractivity contribution >= 4 is 34.9 Å². The number of halogens is 1. The number of imidazole rings is 1. The Bertz CT molecular complexity index is 1070. The highest BCUT2D eigenvalue weighted by atomic mass is 35.5. The summed E-state index contributed by atoms with van der Waals surface area (Å²) in [4.78, 5) is 7.27. The monoisotopic (exact) mass is 382 g/mol. The van der Waals surface area contributed by atoms with Crippen LogP contribution in [-0.4, -0.2) is 35.7 Å². The number of benzene rings is 1. The highest BCUT2D eigenvalue weighted by Crippen LogP contribution is 2.44. The van der Waals surface area contributed by atoms with E-state index in [4.69, 9.17) is 9.72 Å². The number of aromatic nitrogens is 2. The number of ether oxygens (including phenoxy) is 1. The van der Waals surface area contributed by atoms with E-state index in [0.717, 1.165) is 61.4 Å². The minimum Gasteiger partial charge on any atom is -0.378 e. The topological polar surface area (TPSA) is 53.6 Å². The van der Waals surface area contributed by atoms with Crippen molar-refractivity contribution in [1.82, 2.24) is 9.38 Å². The quantitative estimate of drug-likeness (QED) is 0.643. The van der Waals surface area contributed by atoms with E-state index in [2.05, 4.69) is 35.3 Å². The molecule has 1 fully saturated rings. The third kappa shape index (κ3) is 2.67. The summed E-state index contributed by atoms with van der Waals surface area (Å²) in [5.41, 5.74) is 6.26. The van der Waals surface area contributed by atoms with Gasteiger partial charge in [0.15, 0.2) is 5.65 Å². The predicted molar refractivity (Wildman–Crippen MR) is 109 cm³/mol. The van der Waals surface area contributed by atoms with Crippen LogP contribution in [0.5, 0.6) is 0 Å². The number of nitrogens with zero attached hydrogens (tertiary/aromatic N) is 4.